The molecule has 0 aliphatic carbocycles. The van der Waals surface area contributed by atoms with Crippen LogP contribution in [-0.4, -0.2) is 42.9 Å². The van der Waals surface area contributed by atoms with Crippen LogP contribution in [0.1, 0.15) is 30.6 Å². The van der Waals surface area contributed by atoms with Gasteiger partial charge in [0.05, 0.1) is 19.1 Å². The van der Waals surface area contributed by atoms with Gasteiger partial charge in [0.2, 0.25) is 11.8 Å². The lowest BCUT2D eigenvalue weighted by Gasteiger charge is -2.19. The van der Waals surface area contributed by atoms with Crippen molar-refractivity contribution < 1.29 is 23.9 Å². The second-order valence-electron chi connectivity index (χ2n) is 5.46. The molecule has 8 heteroatoms. The Labute approximate surface area is 146 Å². The van der Waals surface area contributed by atoms with Crippen LogP contribution in [0.4, 0.5) is 0 Å². The van der Waals surface area contributed by atoms with E-state index < -0.39 is 35.7 Å². The zero-order valence-electron chi connectivity index (χ0n) is 14.3. The summed E-state index contributed by atoms with van der Waals surface area (Å²) in [5, 5.41) is 4.86. The molecule has 4 N–H and O–H groups in total. The fourth-order valence-corrected chi connectivity index (χ4v) is 2.08. The highest BCUT2D eigenvalue weighted by Crippen LogP contribution is 2.08. The number of benzene rings is 1. The Balaban J connectivity index is 2.52. The Bertz CT molecular complexity index is 618. The summed E-state index contributed by atoms with van der Waals surface area (Å²) < 4.78 is 4.86. The number of primary amides is 1. The van der Waals surface area contributed by atoms with E-state index in [2.05, 4.69) is 10.6 Å². The summed E-state index contributed by atoms with van der Waals surface area (Å²) in [6.45, 7) is 3.16. The van der Waals surface area contributed by atoms with Crippen molar-refractivity contribution in [3.8, 4) is 0 Å². The number of nitrogens with one attached hydrogen (secondary N) is 2. The summed E-state index contributed by atoms with van der Waals surface area (Å²) >= 11 is 0. The maximum atomic E-state index is 11.9. The number of carbonyl (C=O) groups is 4. The molecule has 0 bridgehead atoms. The van der Waals surface area contributed by atoms with E-state index in [0.29, 0.717) is 5.56 Å². The van der Waals surface area contributed by atoms with E-state index in [1.54, 1.807) is 44.2 Å². The molecule has 0 heterocycles. The molecule has 0 saturated heterocycles. The molecule has 3 amide bonds. The molecule has 1 aromatic carbocycles. The van der Waals surface area contributed by atoms with Gasteiger partial charge in [-0.25, -0.2) is 0 Å². The van der Waals surface area contributed by atoms with Crippen molar-refractivity contribution in [2.24, 2.45) is 11.7 Å². The zero-order chi connectivity index (χ0) is 18.8. The van der Waals surface area contributed by atoms with E-state index in [0.717, 1.165) is 0 Å². The molecule has 0 aliphatic heterocycles. The predicted octanol–water partition coefficient (Wildman–Crippen LogP) is -0.0242. The van der Waals surface area contributed by atoms with Gasteiger partial charge in [-0.05, 0) is 25.5 Å². The predicted molar refractivity (Wildman–Crippen MR) is 90.3 cm³/mol. The Hall–Kier alpha value is -2.90. The van der Waals surface area contributed by atoms with Crippen molar-refractivity contribution in [2.45, 2.75) is 26.3 Å². The minimum absolute atomic E-state index is 0.0204. The highest BCUT2D eigenvalue weighted by Gasteiger charge is 2.25. The normalized spacial score (nSPS) is 12.6. The first kappa shape index (κ1) is 20.1. The van der Waals surface area contributed by atoms with Gasteiger partial charge in [-0.3, -0.25) is 19.2 Å². The highest BCUT2D eigenvalue weighted by molar-refractivity contribution is 5.97. The van der Waals surface area contributed by atoms with E-state index in [1.807, 2.05) is 0 Å². The highest BCUT2D eigenvalue weighted by atomic mass is 16.5. The van der Waals surface area contributed by atoms with Gasteiger partial charge in [0.15, 0.2) is 0 Å². The van der Waals surface area contributed by atoms with Crippen LogP contribution in [-0.2, 0) is 19.1 Å². The van der Waals surface area contributed by atoms with Gasteiger partial charge in [0, 0.05) is 5.56 Å². The second-order valence-corrected chi connectivity index (χ2v) is 5.46. The molecule has 1 aromatic rings. The van der Waals surface area contributed by atoms with E-state index in [4.69, 9.17) is 10.5 Å². The number of esters is 1. The Kier molecular flexibility index (Phi) is 8.11. The van der Waals surface area contributed by atoms with Crippen molar-refractivity contribution >= 4 is 23.7 Å². The molecule has 0 saturated carbocycles. The molecule has 8 nitrogen and oxygen atoms in total. The maximum Gasteiger partial charge on any atom is 0.308 e. The van der Waals surface area contributed by atoms with E-state index in [-0.39, 0.29) is 19.6 Å². The van der Waals surface area contributed by atoms with Crippen molar-refractivity contribution in [1.82, 2.24) is 10.6 Å². The average Bonchev–Trinajstić information content (AvgIpc) is 2.59. The third kappa shape index (κ3) is 7.03. The molecule has 25 heavy (non-hydrogen) atoms. The standard InChI is InChI=1S/C17H23N3O5/c1-3-25-17(24)11(2)9-13(15(18)22)20-14(21)10-19-16(23)12-7-5-4-6-8-12/h4-8,11,13H,3,9-10H2,1-2H3,(H2,18,22)(H,19,23)(H,20,21)/t11-,13+/m0/s1. The average molecular weight is 349 g/mol. The van der Waals surface area contributed by atoms with Gasteiger partial charge in [-0.15, -0.1) is 0 Å². The topological polar surface area (TPSA) is 128 Å². The first-order chi connectivity index (χ1) is 11.8. The summed E-state index contributed by atoms with van der Waals surface area (Å²) in [5.74, 6) is -2.83. The zero-order valence-corrected chi connectivity index (χ0v) is 14.3. The number of nitrogens with two attached hydrogens (primary N) is 1. The number of hydrogen-bond acceptors (Lipinski definition) is 5. The number of ether oxygens (including phenoxy) is 1. The van der Waals surface area contributed by atoms with E-state index in [9.17, 15) is 19.2 Å². The molecule has 2 atom stereocenters. The van der Waals surface area contributed by atoms with Crippen LogP contribution in [0.3, 0.4) is 0 Å². The van der Waals surface area contributed by atoms with E-state index in [1.165, 1.54) is 0 Å². The molecular weight excluding hydrogens is 326 g/mol. The SMILES string of the molecule is CCOC(=O)[C@@H](C)C[C@@H](NC(=O)CNC(=O)c1ccccc1)C(N)=O. The summed E-state index contributed by atoms with van der Waals surface area (Å²) in [4.78, 5) is 46.9. The van der Waals surface area contributed by atoms with Gasteiger partial charge in [-0.2, -0.15) is 0 Å². The molecule has 136 valence electrons. The fourth-order valence-electron chi connectivity index (χ4n) is 2.08. The van der Waals surface area contributed by atoms with Crippen molar-refractivity contribution in [3.63, 3.8) is 0 Å². The van der Waals surface area contributed by atoms with Crippen LogP contribution in [0.2, 0.25) is 0 Å². The maximum absolute atomic E-state index is 11.9. The lowest BCUT2D eigenvalue weighted by Crippen LogP contribution is -2.49. The van der Waals surface area contributed by atoms with Crippen LogP contribution in [0.15, 0.2) is 30.3 Å². The molecular formula is C17H23N3O5. The molecule has 0 aliphatic rings. The Morgan fingerprint density at radius 3 is 2.36 bits per heavy atom. The molecule has 1 rings (SSSR count). The molecule has 0 aromatic heterocycles. The largest absolute Gasteiger partial charge is 0.466 e. The monoisotopic (exact) mass is 349 g/mol. The van der Waals surface area contributed by atoms with Gasteiger partial charge >= 0.3 is 5.97 Å². The number of carbonyl (C=O) groups excluding carboxylic acids is 4. The molecule has 0 radical (unpaired) electrons. The van der Waals surface area contributed by atoms with Gasteiger partial charge in [-0.1, -0.05) is 25.1 Å². The van der Waals surface area contributed by atoms with Gasteiger partial charge < -0.3 is 21.1 Å². The van der Waals surface area contributed by atoms with Crippen molar-refractivity contribution in [3.05, 3.63) is 35.9 Å². The van der Waals surface area contributed by atoms with Gasteiger partial charge in [0.25, 0.3) is 5.91 Å². The van der Waals surface area contributed by atoms with E-state index >= 15 is 0 Å². The third-order valence-corrected chi connectivity index (χ3v) is 3.40. The minimum Gasteiger partial charge on any atom is -0.466 e. The van der Waals surface area contributed by atoms with Crippen LogP contribution < -0.4 is 16.4 Å². The minimum atomic E-state index is -1.03. The van der Waals surface area contributed by atoms with Crippen molar-refractivity contribution in [1.29, 1.82) is 0 Å². The smallest absolute Gasteiger partial charge is 0.308 e. The van der Waals surface area contributed by atoms with Crippen LogP contribution in [0, 0.1) is 5.92 Å². The Morgan fingerprint density at radius 1 is 1.16 bits per heavy atom. The quantitative estimate of drug-likeness (QED) is 0.540. The van der Waals surface area contributed by atoms with Crippen LogP contribution in [0.5, 0.6) is 0 Å². The molecule has 0 spiro atoms. The van der Waals surface area contributed by atoms with Gasteiger partial charge in [0.1, 0.15) is 6.04 Å². The molecule has 0 unspecified atom stereocenters. The molecule has 0 fully saturated rings. The number of hydrogen-bond donors (Lipinski definition) is 3. The first-order valence-corrected chi connectivity index (χ1v) is 7.93. The second kappa shape index (κ2) is 10.1. The summed E-state index contributed by atoms with van der Waals surface area (Å²) in [6.07, 6.45) is 0.0204. The lowest BCUT2D eigenvalue weighted by molar-refractivity contribution is -0.148. The summed E-state index contributed by atoms with van der Waals surface area (Å²) in [6, 6.07) is 7.37. The first-order valence-electron chi connectivity index (χ1n) is 7.93. The third-order valence-electron chi connectivity index (χ3n) is 3.40. The Morgan fingerprint density at radius 2 is 1.80 bits per heavy atom. The van der Waals surface area contributed by atoms with Crippen molar-refractivity contribution in [2.75, 3.05) is 13.2 Å². The number of amides is 3. The van der Waals surface area contributed by atoms with Crippen LogP contribution >= 0.6 is 0 Å². The van der Waals surface area contributed by atoms with Crippen LogP contribution in [0.25, 0.3) is 0 Å². The number of rotatable bonds is 9. The summed E-state index contributed by atoms with van der Waals surface area (Å²) in [7, 11) is 0. The summed E-state index contributed by atoms with van der Waals surface area (Å²) in [5.41, 5.74) is 5.68. The fraction of sp³-hybridized carbons (Fsp3) is 0.412. The lowest BCUT2D eigenvalue weighted by atomic mass is 10.0.